The van der Waals surface area contributed by atoms with Gasteiger partial charge in [0, 0.05) is 23.9 Å². The minimum atomic E-state index is -0.855. The Morgan fingerprint density at radius 1 is 1.09 bits per heavy atom. The van der Waals surface area contributed by atoms with E-state index in [-0.39, 0.29) is 5.56 Å². The van der Waals surface area contributed by atoms with Crippen LogP contribution in [0, 0.1) is 11.6 Å². The lowest BCUT2D eigenvalue weighted by atomic mass is 10.1. The van der Waals surface area contributed by atoms with Gasteiger partial charge in [-0.05, 0) is 42.5 Å². The number of hydrogen-bond acceptors (Lipinski definition) is 5. The minimum Gasteiger partial charge on any atom is -0.305 e. The van der Waals surface area contributed by atoms with Gasteiger partial charge in [0.25, 0.3) is 0 Å². The van der Waals surface area contributed by atoms with Crippen molar-refractivity contribution in [3.05, 3.63) is 99.5 Å². The van der Waals surface area contributed by atoms with Crippen molar-refractivity contribution in [2.75, 3.05) is 0 Å². The normalized spacial score (nSPS) is 12.1. The van der Waals surface area contributed by atoms with Gasteiger partial charge in [0.2, 0.25) is 0 Å². The van der Waals surface area contributed by atoms with Crippen molar-refractivity contribution in [2.45, 2.75) is 36.7 Å². The molecule has 32 heavy (non-hydrogen) atoms. The van der Waals surface area contributed by atoms with Crippen molar-refractivity contribution >= 4 is 28.9 Å². The Morgan fingerprint density at radius 3 is 2.62 bits per heavy atom. The van der Waals surface area contributed by atoms with Crippen LogP contribution in [0.5, 0.6) is 0 Å². The maximum Gasteiger partial charge on any atom is 0.191 e. The number of halogens is 2. The Hall–Kier alpha value is -2.84. The van der Waals surface area contributed by atoms with Crippen molar-refractivity contribution in [1.29, 1.82) is 0 Å². The predicted octanol–water partition coefficient (Wildman–Crippen LogP) is 5.81. The summed E-state index contributed by atoms with van der Waals surface area (Å²) in [6.45, 7) is 2.36. The molecule has 8 heteroatoms. The van der Waals surface area contributed by atoms with E-state index in [1.807, 2.05) is 34.2 Å². The highest BCUT2D eigenvalue weighted by Crippen LogP contribution is 2.27. The first-order valence-electron chi connectivity index (χ1n) is 10.2. The second-order valence-electron chi connectivity index (χ2n) is 7.29. The Labute approximate surface area is 193 Å². The summed E-state index contributed by atoms with van der Waals surface area (Å²) in [5, 5.41) is 10.7. The Kier molecular flexibility index (Phi) is 7.12. The van der Waals surface area contributed by atoms with E-state index < -0.39 is 22.7 Å². The molecule has 0 N–H and O–H groups in total. The fourth-order valence-electron chi connectivity index (χ4n) is 3.34. The van der Waals surface area contributed by atoms with Crippen molar-refractivity contribution < 1.29 is 13.6 Å². The number of hydrogen-bond donors (Lipinski definition) is 0. The summed E-state index contributed by atoms with van der Waals surface area (Å²) in [6, 6.07) is 17.2. The lowest BCUT2D eigenvalue weighted by Crippen LogP contribution is -2.17. The second-order valence-corrected chi connectivity index (χ2v) is 9.63. The highest BCUT2D eigenvalue weighted by molar-refractivity contribution is 8.00. The first-order chi connectivity index (χ1) is 15.5. The molecule has 0 aliphatic rings. The third-order valence-corrected chi connectivity index (χ3v) is 6.98. The molecular formula is C24H21F2N3OS2. The van der Waals surface area contributed by atoms with Gasteiger partial charge < -0.3 is 4.57 Å². The predicted molar refractivity (Wildman–Crippen MR) is 123 cm³/mol. The van der Waals surface area contributed by atoms with E-state index in [0.29, 0.717) is 18.1 Å². The second kappa shape index (κ2) is 10.2. The van der Waals surface area contributed by atoms with E-state index in [9.17, 15) is 13.6 Å². The van der Waals surface area contributed by atoms with Crippen LogP contribution in [0.15, 0.2) is 71.2 Å². The van der Waals surface area contributed by atoms with Gasteiger partial charge in [0.05, 0.1) is 10.8 Å². The largest absolute Gasteiger partial charge is 0.305 e. The van der Waals surface area contributed by atoms with Crippen LogP contribution in [0.25, 0.3) is 0 Å². The van der Waals surface area contributed by atoms with Gasteiger partial charge in [0.15, 0.2) is 10.9 Å². The molecule has 0 aliphatic carbocycles. The smallest absolute Gasteiger partial charge is 0.191 e. The monoisotopic (exact) mass is 469 g/mol. The summed E-state index contributed by atoms with van der Waals surface area (Å²) >= 11 is 2.89. The molecule has 4 nitrogen and oxygen atoms in total. The molecular weight excluding hydrogens is 448 g/mol. The van der Waals surface area contributed by atoms with E-state index in [2.05, 4.69) is 28.4 Å². The third kappa shape index (κ3) is 5.31. The van der Waals surface area contributed by atoms with E-state index in [4.69, 9.17) is 0 Å². The van der Waals surface area contributed by atoms with Crippen LogP contribution in [0.1, 0.15) is 33.5 Å². The van der Waals surface area contributed by atoms with Crippen molar-refractivity contribution in [3.8, 4) is 0 Å². The SMILES string of the molecule is CC(Sc1nnc(Cc2cccs2)n1CCc1ccccc1)C(=O)c1ccc(F)cc1F. The molecule has 0 aliphatic heterocycles. The maximum atomic E-state index is 14.1. The molecule has 0 radical (unpaired) electrons. The lowest BCUT2D eigenvalue weighted by Gasteiger charge is -2.13. The Morgan fingerprint density at radius 2 is 1.91 bits per heavy atom. The van der Waals surface area contributed by atoms with Gasteiger partial charge in [-0.1, -0.05) is 48.2 Å². The fourth-order valence-corrected chi connectivity index (χ4v) is 5.00. The summed E-state index contributed by atoms with van der Waals surface area (Å²) < 4.78 is 29.3. The van der Waals surface area contributed by atoms with Crippen LogP contribution >= 0.6 is 23.1 Å². The number of benzene rings is 2. The molecule has 1 atom stereocenters. The summed E-state index contributed by atoms with van der Waals surface area (Å²) in [6.07, 6.45) is 1.44. The Balaban J connectivity index is 1.56. The van der Waals surface area contributed by atoms with Crippen LogP contribution in [-0.2, 0) is 19.4 Å². The van der Waals surface area contributed by atoms with Crippen molar-refractivity contribution in [2.24, 2.45) is 0 Å². The van der Waals surface area contributed by atoms with Crippen LogP contribution in [-0.4, -0.2) is 25.8 Å². The number of thioether (sulfide) groups is 1. The average molecular weight is 470 g/mol. The molecule has 2 heterocycles. The van der Waals surface area contributed by atoms with Crippen LogP contribution in [0.2, 0.25) is 0 Å². The van der Waals surface area contributed by atoms with Gasteiger partial charge in [-0.2, -0.15) is 0 Å². The highest BCUT2D eigenvalue weighted by atomic mass is 32.2. The lowest BCUT2D eigenvalue weighted by molar-refractivity contribution is 0.0990. The summed E-state index contributed by atoms with van der Waals surface area (Å²) in [7, 11) is 0. The fraction of sp³-hybridized carbons (Fsp3) is 0.208. The first-order valence-corrected chi connectivity index (χ1v) is 11.9. The van der Waals surface area contributed by atoms with Crippen LogP contribution in [0.3, 0.4) is 0 Å². The molecule has 0 bridgehead atoms. The van der Waals surface area contributed by atoms with Gasteiger partial charge in [-0.3, -0.25) is 4.79 Å². The molecule has 0 spiro atoms. The molecule has 164 valence electrons. The first kappa shape index (κ1) is 22.4. The molecule has 1 unspecified atom stereocenters. The molecule has 0 amide bonds. The van der Waals surface area contributed by atoms with Crippen LogP contribution in [0.4, 0.5) is 8.78 Å². The number of aryl methyl sites for hydroxylation is 1. The quantitative estimate of drug-likeness (QED) is 0.229. The molecule has 2 aromatic carbocycles. The average Bonchev–Trinajstić information content (AvgIpc) is 3.43. The number of carbonyl (C=O) groups excluding carboxylic acids is 1. The van der Waals surface area contributed by atoms with Gasteiger partial charge >= 0.3 is 0 Å². The molecule has 0 saturated carbocycles. The summed E-state index contributed by atoms with van der Waals surface area (Å²) in [4.78, 5) is 14.0. The Bertz CT molecular complexity index is 1190. The van der Waals surface area contributed by atoms with Gasteiger partial charge in [-0.25, -0.2) is 8.78 Å². The topological polar surface area (TPSA) is 47.8 Å². The summed E-state index contributed by atoms with van der Waals surface area (Å²) in [5.74, 6) is -1.16. The number of Topliss-reactive ketones (excluding diaryl/α,β-unsaturated/α-hetero) is 1. The number of rotatable bonds is 9. The highest BCUT2D eigenvalue weighted by Gasteiger charge is 2.24. The van der Waals surface area contributed by atoms with E-state index >= 15 is 0 Å². The zero-order chi connectivity index (χ0) is 22.5. The standard InChI is InChI=1S/C24H21F2N3OS2/c1-16(23(30)20-10-9-18(25)14-21(20)26)32-24-28-27-22(15-19-8-5-13-31-19)29(24)12-11-17-6-3-2-4-7-17/h2-10,13-14,16H,11-12,15H2,1H3. The maximum absolute atomic E-state index is 14.1. The molecule has 4 aromatic rings. The van der Waals surface area contributed by atoms with E-state index in [1.165, 1.54) is 28.3 Å². The third-order valence-electron chi connectivity index (χ3n) is 5.02. The minimum absolute atomic E-state index is 0.124. The number of nitrogens with zero attached hydrogens (tertiary/aromatic N) is 3. The van der Waals surface area contributed by atoms with Gasteiger partial charge in [-0.15, -0.1) is 21.5 Å². The molecule has 0 saturated heterocycles. The van der Waals surface area contributed by atoms with Crippen molar-refractivity contribution in [1.82, 2.24) is 14.8 Å². The number of aromatic nitrogens is 3. The summed E-state index contributed by atoms with van der Waals surface area (Å²) in [5.41, 5.74) is 1.07. The van der Waals surface area contributed by atoms with E-state index in [1.54, 1.807) is 18.3 Å². The van der Waals surface area contributed by atoms with Crippen molar-refractivity contribution in [3.63, 3.8) is 0 Å². The molecule has 4 rings (SSSR count). The van der Waals surface area contributed by atoms with E-state index in [0.717, 1.165) is 24.4 Å². The zero-order valence-electron chi connectivity index (χ0n) is 17.4. The number of ketones is 1. The molecule has 0 fully saturated rings. The number of thiophene rings is 1. The molecule has 2 aromatic heterocycles. The van der Waals surface area contributed by atoms with Crippen LogP contribution < -0.4 is 0 Å². The van der Waals surface area contributed by atoms with Gasteiger partial charge in [0.1, 0.15) is 17.5 Å². The zero-order valence-corrected chi connectivity index (χ0v) is 19.0. The number of carbonyl (C=O) groups is 1.